The highest BCUT2D eigenvalue weighted by atomic mass is 35.5. The van der Waals surface area contributed by atoms with Gasteiger partial charge in [0, 0.05) is 5.69 Å². The van der Waals surface area contributed by atoms with E-state index in [2.05, 4.69) is 5.32 Å². The third-order valence-electron chi connectivity index (χ3n) is 2.85. The largest absolute Gasteiger partial charge is 0.496 e. The van der Waals surface area contributed by atoms with E-state index >= 15 is 0 Å². The molecule has 0 aliphatic carbocycles. The van der Waals surface area contributed by atoms with Gasteiger partial charge in [-0.25, -0.2) is 0 Å². The molecule has 0 bridgehead atoms. The quantitative estimate of drug-likeness (QED) is 0.853. The highest BCUT2D eigenvalue weighted by molar-refractivity contribution is 6.34. The number of carbonyl (C=O) groups is 1. The van der Waals surface area contributed by atoms with Crippen LogP contribution in [-0.2, 0) is 0 Å². The van der Waals surface area contributed by atoms with Crippen LogP contribution in [0.3, 0.4) is 0 Å². The van der Waals surface area contributed by atoms with E-state index in [1.807, 2.05) is 6.07 Å². The number of halogens is 1. The van der Waals surface area contributed by atoms with E-state index in [0.717, 1.165) is 0 Å². The molecule has 1 amide bonds. The summed E-state index contributed by atoms with van der Waals surface area (Å²) in [6.07, 6.45) is 0. The van der Waals surface area contributed by atoms with E-state index in [1.54, 1.807) is 30.3 Å². The second kappa shape index (κ2) is 6.16. The summed E-state index contributed by atoms with van der Waals surface area (Å²) in [5.41, 5.74) is 7.06. The van der Waals surface area contributed by atoms with Gasteiger partial charge in [-0.15, -0.1) is 0 Å². The molecule has 0 aliphatic heterocycles. The van der Waals surface area contributed by atoms with E-state index in [4.69, 9.17) is 27.3 Å². The zero-order valence-corrected chi connectivity index (χ0v) is 11.9. The van der Waals surface area contributed by atoms with Gasteiger partial charge in [-0.3, -0.25) is 4.79 Å². The molecular weight excluding hydrogens is 290 g/mol. The second-order valence-electron chi connectivity index (χ2n) is 4.19. The molecule has 0 heterocycles. The van der Waals surface area contributed by atoms with Crippen molar-refractivity contribution in [3.8, 4) is 11.8 Å². The number of benzene rings is 2. The summed E-state index contributed by atoms with van der Waals surface area (Å²) in [4.78, 5) is 12.4. The Morgan fingerprint density at radius 3 is 2.81 bits per heavy atom. The van der Waals surface area contributed by atoms with Crippen LogP contribution < -0.4 is 15.8 Å². The molecule has 2 aromatic rings. The molecule has 2 aromatic carbocycles. The first-order valence-electron chi connectivity index (χ1n) is 6.00. The predicted molar refractivity (Wildman–Crippen MR) is 81.5 cm³/mol. The van der Waals surface area contributed by atoms with Crippen molar-refractivity contribution in [2.45, 2.75) is 0 Å². The Hall–Kier alpha value is -2.71. The molecule has 0 radical (unpaired) electrons. The highest BCUT2D eigenvalue weighted by Gasteiger charge is 2.17. The lowest BCUT2D eigenvalue weighted by molar-refractivity contribution is 0.102. The fourth-order valence-electron chi connectivity index (χ4n) is 1.84. The maximum Gasteiger partial charge on any atom is 0.261 e. The van der Waals surface area contributed by atoms with Crippen LogP contribution in [0, 0.1) is 11.3 Å². The van der Waals surface area contributed by atoms with Gasteiger partial charge in [0.05, 0.1) is 29.5 Å². The number of rotatable bonds is 3. The minimum atomic E-state index is -0.457. The number of ether oxygens (including phenoxy) is 1. The number of nitrogen functional groups attached to an aromatic ring is 1. The van der Waals surface area contributed by atoms with Crippen LogP contribution >= 0.6 is 11.6 Å². The van der Waals surface area contributed by atoms with Crippen molar-refractivity contribution in [3.05, 3.63) is 52.5 Å². The van der Waals surface area contributed by atoms with Crippen LogP contribution in [0.25, 0.3) is 0 Å². The smallest absolute Gasteiger partial charge is 0.261 e. The molecule has 2 rings (SSSR count). The Labute approximate surface area is 126 Å². The first kappa shape index (κ1) is 14.7. The molecule has 5 nitrogen and oxygen atoms in total. The molecule has 106 valence electrons. The van der Waals surface area contributed by atoms with Gasteiger partial charge in [-0.2, -0.15) is 5.26 Å². The van der Waals surface area contributed by atoms with E-state index in [-0.39, 0.29) is 5.56 Å². The van der Waals surface area contributed by atoms with Crippen LogP contribution in [0.15, 0.2) is 36.4 Å². The van der Waals surface area contributed by atoms with Gasteiger partial charge in [0.25, 0.3) is 5.91 Å². The molecule has 0 atom stereocenters. The van der Waals surface area contributed by atoms with Gasteiger partial charge >= 0.3 is 0 Å². The summed E-state index contributed by atoms with van der Waals surface area (Å²) >= 11 is 6.01. The Morgan fingerprint density at radius 1 is 1.38 bits per heavy atom. The Balaban J connectivity index is 2.37. The lowest BCUT2D eigenvalue weighted by Gasteiger charge is -2.12. The highest BCUT2D eigenvalue weighted by Crippen LogP contribution is 2.28. The number of nitrogens with two attached hydrogens (primary N) is 1. The Morgan fingerprint density at radius 2 is 2.14 bits per heavy atom. The summed E-state index contributed by atoms with van der Waals surface area (Å²) < 4.78 is 5.13. The SMILES string of the molecule is COc1cccc(N)c1C(=O)Nc1cc(C#N)ccc1Cl. The summed E-state index contributed by atoms with van der Waals surface area (Å²) in [5.74, 6) is -0.0954. The van der Waals surface area contributed by atoms with Crippen LogP contribution in [0.1, 0.15) is 15.9 Å². The zero-order chi connectivity index (χ0) is 15.4. The summed E-state index contributed by atoms with van der Waals surface area (Å²) in [5, 5.41) is 11.8. The van der Waals surface area contributed by atoms with Gasteiger partial charge in [-0.1, -0.05) is 17.7 Å². The molecule has 0 spiro atoms. The number of hydrogen-bond donors (Lipinski definition) is 2. The van der Waals surface area contributed by atoms with Crippen molar-refractivity contribution in [2.24, 2.45) is 0 Å². The fourth-order valence-corrected chi connectivity index (χ4v) is 2.00. The third-order valence-corrected chi connectivity index (χ3v) is 3.18. The number of nitrogens with zero attached hydrogens (tertiary/aromatic N) is 1. The molecular formula is C15H12ClN3O2. The number of anilines is 2. The topological polar surface area (TPSA) is 88.1 Å². The van der Waals surface area contributed by atoms with Gasteiger partial charge < -0.3 is 15.8 Å². The van der Waals surface area contributed by atoms with Gasteiger partial charge in [-0.05, 0) is 30.3 Å². The number of carbonyl (C=O) groups excluding carboxylic acids is 1. The number of hydrogen-bond acceptors (Lipinski definition) is 4. The van der Waals surface area contributed by atoms with Gasteiger partial charge in [0.2, 0.25) is 0 Å². The third kappa shape index (κ3) is 3.07. The van der Waals surface area contributed by atoms with Crippen LogP contribution in [0.2, 0.25) is 5.02 Å². The molecule has 3 N–H and O–H groups in total. The monoisotopic (exact) mass is 301 g/mol. The molecule has 0 fully saturated rings. The van der Waals surface area contributed by atoms with Crippen molar-refractivity contribution < 1.29 is 9.53 Å². The number of nitrogens with one attached hydrogen (secondary N) is 1. The number of nitriles is 1. The van der Waals surface area contributed by atoms with Crippen molar-refractivity contribution in [1.29, 1.82) is 5.26 Å². The zero-order valence-electron chi connectivity index (χ0n) is 11.2. The molecule has 0 saturated carbocycles. The molecule has 0 aromatic heterocycles. The van der Waals surface area contributed by atoms with Crippen LogP contribution in [0.5, 0.6) is 5.75 Å². The standard InChI is InChI=1S/C15H12ClN3O2/c1-21-13-4-2-3-11(18)14(13)15(20)19-12-7-9(8-17)5-6-10(12)16/h2-7H,18H2,1H3,(H,19,20). The summed E-state index contributed by atoms with van der Waals surface area (Å²) in [6, 6.07) is 11.5. The molecule has 0 unspecified atom stereocenters. The van der Waals surface area contributed by atoms with Crippen molar-refractivity contribution >= 4 is 28.9 Å². The predicted octanol–water partition coefficient (Wildman–Crippen LogP) is 3.05. The van der Waals surface area contributed by atoms with Gasteiger partial charge in [0.15, 0.2) is 0 Å². The van der Waals surface area contributed by atoms with Gasteiger partial charge in [0.1, 0.15) is 11.3 Å². The van der Waals surface area contributed by atoms with Crippen LogP contribution in [-0.4, -0.2) is 13.0 Å². The maximum atomic E-state index is 12.4. The van der Waals surface area contributed by atoms with Crippen molar-refractivity contribution in [3.63, 3.8) is 0 Å². The summed E-state index contributed by atoms with van der Waals surface area (Å²) in [7, 11) is 1.45. The minimum Gasteiger partial charge on any atom is -0.496 e. The second-order valence-corrected chi connectivity index (χ2v) is 4.59. The maximum absolute atomic E-state index is 12.4. The lowest BCUT2D eigenvalue weighted by Crippen LogP contribution is -2.15. The average Bonchev–Trinajstić information content (AvgIpc) is 2.48. The molecule has 0 aliphatic rings. The first-order chi connectivity index (χ1) is 10.1. The first-order valence-corrected chi connectivity index (χ1v) is 6.38. The lowest BCUT2D eigenvalue weighted by atomic mass is 10.1. The minimum absolute atomic E-state index is 0.221. The normalized spacial score (nSPS) is 9.76. The molecule has 0 saturated heterocycles. The van der Waals surface area contributed by atoms with Crippen LogP contribution in [0.4, 0.5) is 11.4 Å². The average molecular weight is 302 g/mol. The van der Waals surface area contributed by atoms with Crippen molar-refractivity contribution in [2.75, 3.05) is 18.2 Å². The van der Waals surface area contributed by atoms with E-state index in [1.165, 1.54) is 13.2 Å². The van der Waals surface area contributed by atoms with E-state index < -0.39 is 5.91 Å². The number of methoxy groups -OCH3 is 1. The van der Waals surface area contributed by atoms with Crippen molar-refractivity contribution in [1.82, 2.24) is 0 Å². The van der Waals surface area contributed by atoms with E-state index in [9.17, 15) is 4.79 Å². The Bertz CT molecular complexity index is 738. The summed E-state index contributed by atoms with van der Waals surface area (Å²) in [6.45, 7) is 0. The molecule has 21 heavy (non-hydrogen) atoms. The van der Waals surface area contributed by atoms with E-state index in [0.29, 0.717) is 27.7 Å². The fraction of sp³-hybridized carbons (Fsp3) is 0.0667. The Kier molecular flexibility index (Phi) is 4.31. The molecule has 6 heteroatoms. The number of amides is 1.